The van der Waals surface area contributed by atoms with E-state index in [0.29, 0.717) is 0 Å². The Bertz CT molecular complexity index is 914. The number of nitro benzene ring substituents is 1. The fraction of sp³-hybridized carbons (Fsp3) is 0.125. The molecule has 0 unspecified atom stereocenters. The van der Waals surface area contributed by atoms with Crippen LogP contribution in [0.5, 0.6) is 11.5 Å². The molecule has 0 aromatic heterocycles. The van der Waals surface area contributed by atoms with Crippen molar-refractivity contribution in [3.05, 3.63) is 62.5 Å². The number of amides is 2. The molecule has 0 heterocycles. The molecule has 0 saturated heterocycles. The molecule has 2 amide bonds. The number of carbonyl (C=O) groups is 2. The average Bonchev–Trinajstić information content (AvgIpc) is 2.65. The van der Waals surface area contributed by atoms with Gasteiger partial charge >= 0.3 is 5.69 Å². The van der Waals surface area contributed by atoms with Gasteiger partial charge in [-0.25, -0.2) is 0 Å². The SMILES string of the molecule is O=Nc1cc(C(=O)NCCNC(=O)c2ccc(O)c([N+](=O)[O-])c2)ccc1O. The van der Waals surface area contributed by atoms with Gasteiger partial charge in [-0.3, -0.25) is 19.7 Å². The Morgan fingerprint density at radius 3 is 2.00 bits per heavy atom. The van der Waals surface area contributed by atoms with E-state index in [0.717, 1.165) is 24.3 Å². The summed E-state index contributed by atoms with van der Waals surface area (Å²) in [6.07, 6.45) is 0. The first-order chi connectivity index (χ1) is 12.8. The van der Waals surface area contributed by atoms with E-state index in [1.807, 2.05) is 0 Å². The van der Waals surface area contributed by atoms with E-state index in [4.69, 9.17) is 0 Å². The Hall–Kier alpha value is -4.02. The topological polar surface area (TPSA) is 171 Å². The number of nitrogens with zero attached hydrogens (tertiary/aromatic N) is 2. The molecular formula is C16H14N4O7. The lowest BCUT2D eigenvalue weighted by molar-refractivity contribution is -0.385. The van der Waals surface area contributed by atoms with Gasteiger partial charge in [0.15, 0.2) is 5.75 Å². The first-order valence-electron chi connectivity index (χ1n) is 7.53. The molecule has 0 aliphatic rings. The molecule has 0 aliphatic heterocycles. The molecule has 27 heavy (non-hydrogen) atoms. The number of phenolic OH excluding ortho intramolecular Hbond substituents is 2. The number of rotatable bonds is 7. The van der Waals surface area contributed by atoms with Crippen LogP contribution in [0.25, 0.3) is 0 Å². The molecule has 2 aromatic rings. The number of nitro groups is 1. The molecule has 0 radical (unpaired) electrons. The van der Waals surface area contributed by atoms with Crippen LogP contribution in [0.1, 0.15) is 20.7 Å². The first-order valence-corrected chi connectivity index (χ1v) is 7.53. The van der Waals surface area contributed by atoms with Crippen molar-refractivity contribution in [2.24, 2.45) is 5.18 Å². The summed E-state index contributed by atoms with van der Waals surface area (Å²) in [5, 5.41) is 37.0. The Labute approximate surface area is 151 Å². The second-order valence-corrected chi connectivity index (χ2v) is 5.27. The predicted molar refractivity (Wildman–Crippen MR) is 93.0 cm³/mol. The van der Waals surface area contributed by atoms with Gasteiger partial charge in [0.2, 0.25) is 0 Å². The summed E-state index contributed by atoms with van der Waals surface area (Å²) in [6, 6.07) is 6.77. The van der Waals surface area contributed by atoms with Crippen LogP contribution in [0, 0.1) is 15.0 Å². The zero-order valence-electron chi connectivity index (χ0n) is 13.7. The van der Waals surface area contributed by atoms with E-state index < -0.39 is 28.2 Å². The quantitative estimate of drug-likeness (QED) is 0.246. The molecular weight excluding hydrogens is 360 g/mol. The van der Waals surface area contributed by atoms with Crippen molar-refractivity contribution < 1.29 is 24.7 Å². The highest BCUT2D eigenvalue weighted by atomic mass is 16.6. The molecule has 2 aromatic carbocycles. The number of hydrogen-bond donors (Lipinski definition) is 4. The monoisotopic (exact) mass is 374 g/mol. The summed E-state index contributed by atoms with van der Waals surface area (Å²) < 4.78 is 0. The van der Waals surface area contributed by atoms with Gasteiger partial charge in [0.1, 0.15) is 11.4 Å². The number of nitrogens with one attached hydrogen (secondary N) is 2. The van der Waals surface area contributed by atoms with Gasteiger partial charge < -0.3 is 20.8 Å². The van der Waals surface area contributed by atoms with Crippen LogP contribution in [0.3, 0.4) is 0 Å². The van der Waals surface area contributed by atoms with Gasteiger partial charge in [-0.05, 0) is 35.5 Å². The van der Waals surface area contributed by atoms with Crippen LogP contribution in [0.15, 0.2) is 41.6 Å². The molecule has 11 nitrogen and oxygen atoms in total. The highest BCUT2D eigenvalue weighted by Gasteiger charge is 2.17. The third-order valence-electron chi connectivity index (χ3n) is 3.47. The fourth-order valence-corrected chi connectivity index (χ4v) is 2.10. The zero-order valence-corrected chi connectivity index (χ0v) is 13.7. The molecule has 0 atom stereocenters. The van der Waals surface area contributed by atoms with Crippen LogP contribution in [0.4, 0.5) is 11.4 Å². The van der Waals surface area contributed by atoms with Crippen molar-refractivity contribution in [1.82, 2.24) is 10.6 Å². The number of aromatic hydroxyl groups is 2. The Morgan fingerprint density at radius 2 is 1.48 bits per heavy atom. The third kappa shape index (κ3) is 4.75. The van der Waals surface area contributed by atoms with E-state index in [-0.39, 0.29) is 35.7 Å². The van der Waals surface area contributed by atoms with Crippen molar-refractivity contribution in [3.8, 4) is 11.5 Å². The first kappa shape index (κ1) is 19.3. The van der Waals surface area contributed by atoms with Gasteiger partial charge in [-0.1, -0.05) is 0 Å². The van der Waals surface area contributed by atoms with E-state index >= 15 is 0 Å². The Balaban J connectivity index is 1.88. The standard InChI is InChI=1S/C16H14N4O7/c21-13-3-1-9(7-11(13)19-25)15(23)17-5-6-18-16(24)10-2-4-14(22)12(8-10)20(26)27/h1-4,7-8,21-22H,5-6H2,(H,17,23)(H,18,24). The normalized spacial score (nSPS) is 10.1. The second kappa shape index (κ2) is 8.38. The smallest absolute Gasteiger partial charge is 0.311 e. The average molecular weight is 374 g/mol. The summed E-state index contributed by atoms with van der Waals surface area (Å²) in [5.41, 5.74) is -0.790. The summed E-state index contributed by atoms with van der Waals surface area (Å²) in [4.78, 5) is 44.4. The number of hydrogen-bond acceptors (Lipinski definition) is 8. The number of benzene rings is 2. The minimum atomic E-state index is -0.813. The maximum atomic E-state index is 12.0. The summed E-state index contributed by atoms with van der Waals surface area (Å²) in [7, 11) is 0. The van der Waals surface area contributed by atoms with Crippen LogP contribution in [-0.4, -0.2) is 40.0 Å². The van der Waals surface area contributed by atoms with Crippen LogP contribution in [0.2, 0.25) is 0 Å². The minimum Gasteiger partial charge on any atom is -0.506 e. The van der Waals surface area contributed by atoms with Crippen molar-refractivity contribution in [2.75, 3.05) is 13.1 Å². The van der Waals surface area contributed by atoms with Crippen molar-refractivity contribution in [3.63, 3.8) is 0 Å². The lowest BCUT2D eigenvalue weighted by Crippen LogP contribution is -2.34. The van der Waals surface area contributed by atoms with Gasteiger partial charge in [-0.15, -0.1) is 4.91 Å². The Morgan fingerprint density at radius 1 is 0.963 bits per heavy atom. The number of phenols is 2. The van der Waals surface area contributed by atoms with E-state index in [9.17, 15) is 34.8 Å². The third-order valence-corrected chi connectivity index (χ3v) is 3.47. The molecule has 0 fully saturated rings. The van der Waals surface area contributed by atoms with Crippen molar-refractivity contribution in [1.29, 1.82) is 0 Å². The highest BCUT2D eigenvalue weighted by Crippen LogP contribution is 2.27. The molecule has 4 N–H and O–H groups in total. The van der Waals surface area contributed by atoms with Gasteiger partial charge in [0.25, 0.3) is 11.8 Å². The predicted octanol–water partition coefficient (Wildman–Crippen LogP) is 1.56. The van der Waals surface area contributed by atoms with E-state index in [1.54, 1.807) is 0 Å². The van der Waals surface area contributed by atoms with Crippen LogP contribution < -0.4 is 10.6 Å². The number of carbonyl (C=O) groups excluding carboxylic acids is 2. The molecule has 140 valence electrons. The molecule has 0 aliphatic carbocycles. The van der Waals surface area contributed by atoms with Crippen molar-refractivity contribution in [2.45, 2.75) is 0 Å². The zero-order chi connectivity index (χ0) is 20.0. The lowest BCUT2D eigenvalue weighted by Gasteiger charge is -2.08. The highest BCUT2D eigenvalue weighted by molar-refractivity contribution is 5.96. The van der Waals surface area contributed by atoms with Gasteiger partial charge in [-0.2, -0.15) is 0 Å². The van der Waals surface area contributed by atoms with E-state index in [1.165, 1.54) is 12.1 Å². The van der Waals surface area contributed by atoms with Crippen molar-refractivity contribution >= 4 is 23.2 Å². The molecule has 0 saturated carbocycles. The minimum absolute atomic E-state index is 0.0222. The van der Waals surface area contributed by atoms with Crippen LogP contribution in [-0.2, 0) is 0 Å². The molecule has 11 heteroatoms. The number of nitroso groups, excluding NO2 is 1. The lowest BCUT2D eigenvalue weighted by atomic mass is 10.1. The van der Waals surface area contributed by atoms with Crippen LogP contribution >= 0.6 is 0 Å². The maximum absolute atomic E-state index is 12.0. The summed E-state index contributed by atoms with van der Waals surface area (Å²) >= 11 is 0. The molecule has 2 rings (SSSR count). The van der Waals surface area contributed by atoms with Gasteiger partial charge in [0.05, 0.1) is 4.92 Å². The summed E-state index contributed by atoms with van der Waals surface area (Å²) in [5.74, 6) is -2.07. The molecule has 0 bridgehead atoms. The van der Waals surface area contributed by atoms with Gasteiger partial charge in [0, 0.05) is 30.3 Å². The maximum Gasteiger partial charge on any atom is 0.311 e. The second-order valence-electron chi connectivity index (χ2n) is 5.27. The Kier molecular flexibility index (Phi) is 5.99. The molecule has 0 spiro atoms. The largest absolute Gasteiger partial charge is 0.506 e. The summed E-state index contributed by atoms with van der Waals surface area (Å²) in [6.45, 7) is 0.0611. The van der Waals surface area contributed by atoms with E-state index in [2.05, 4.69) is 15.8 Å². The fourth-order valence-electron chi connectivity index (χ4n) is 2.10.